The van der Waals surface area contributed by atoms with Crippen LogP contribution in [-0.4, -0.2) is 45.8 Å². The average Bonchev–Trinajstić information content (AvgIpc) is 2.98. The number of nitrogens with zero attached hydrogens (tertiary/aromatic N) is 3. The van der Waals surface area contributed by atoms with Gasteiger partial charge < -0.3 is 14.5 Å². The van der Waals surface area contributed by atoms with Gasteiger partial charge in [-0.2, -0.15) is 4.98 Å². The molecule has 0 saturated carbocycles. The normalized spacial score (nSPS) is 10.4. The first-order valence-corrected chi connectivity index (χ1v) is 6.03. The maximum atomic E-state index is 12.1. The summed E-state index contributed by atoms with van der Waals surface area (Å²) < 4.78 is 4.67. The number of hydrogen-bond acceptors (Lipinski definition) is 5. The molecule has 19 heavy (non-hydrogen) atoms. The Morgan fingerprint density at radius 2 is 2.11 bits per heavy atom. The van der Waals surface area contributed by atoms with E-state index in [-0.39, 0.29) is 12.5 Å². The van der Waals surface area contributed by atoms with Crippen LogP contribution in [0.15, 0.2) is 35.2 Å². The Hall–Kier alpha value is -2.21. The van der Waals surface area contributed by atoms with Crippen molar-refractivity contribution in [1.29, 1.82) is 0 Å². The summed E-state index contributed by atoms with van der Waals surface area (Å²) in [5.41, 5.74) is 1.36. The van der Waals surface area contributed by atoms with Crippen molar-refractivity contribution in [2.45, 2.75) is 6.92 Å². The Morgan fingerprint density at radius 3 is 2.63 bits per heavy atom. The molecule has 0 unspecified atom stereocenters. The standard InChI is InChI=1S/C13H15N3O3/c1-2-16(7-8-17)13(18)11-5-3-10(4-6-11)12-14-9-19-15-12/h3-6,9,17H,2,7-8H2,1H3. The van der Waals surface area contributed by atoms with Crippen molar-refractivity contribution in [2.75, 3.05) is 19.7 Å². The summed E-state index contributed by atoms with van der Waals surface area (Å²) in [6.07, 6.45) is 1.26. The van der Waals surface area contributed by atoms with Gasteiger partial charge in [-0.05, 0) is 19.1 Å². The van der Waals surface area contributed by atoms with Crippen LogP contribution in [0.3, 0.4) is 0 Å². The third kappa shape index (κ3) is 2.97. The zero-order chi connectivity index (χ0) is 13.7. The molecular weight excluding hydrogens is 246 g/mol. The van der Waals surface area contributed by atoms with Crippen LogP contribution in [0.5, 0.6) is 0 Å². The summed E-state index contributed by atoms with van der Waals surface area (Å²) >= 11 is 0. The fourth-order valence-electron chi connectivity index (χ4n) is 1.77. The molecule has 0 atom stereocenters. The van der Waals surface area contributed by atoms with Gasteiger partial charge in [0.1, 0.15) is 0 Å². The first kappa shape index (κ1) is 13.2. The highest BCUT2D eigenvalue weighted by Gasteiger charge is 2.13. The van der Waals surface area contributed by atoms with E-state index in [9.17, 15) is 4.79 Å². The van der Waals surface area contributed by atoms with Crippen molar-refractivity contribution in [3.8, 4) is 11.4 Å². The van der Waals surface area contributed by atoms with Crippen LogP contribution in [0.25, 0.3) is 11.4 Å². The van der Waals surface area contributed by atoms with E-state index in [1.165, 1.54) is 6.39 Å². The molecule has 1 amide bonds. The van der Waals surface area contributed by atoms with E-state index in [0.717, 1.165) is 5.56 Å². The predicted octanol–water partition coefficient (Wildman–Crippen LogP) is 1.19. The minimum Gasteiger partial charge on any atom is -0.395 e. The van der Waals surface area contributed by atoms with Crippen LogP contribution in [0.4, 0.5) is 0 Å². The summed E-state index contributed by atoms with van der Waals surface area (Å²) in [5.74, 6) is 0.387. The number of hydrogen-bond donors (Lipinski definition) is 1. The number of aliphatic hydroxyl groups excluding tert-OH is 1. The van der Waals surface area contributed by atoms with Crippen molar-refractivity contribution >= 4 is 5.91 Å². The summed E-state index contributed by atoms with van der Waals surface area (Å²) in [4.78, 5) is 17.7. The minimum absolute atomic E-state index is 0.0411. The van der Waals surface area contributed by atoms with Gasteiger partial charge >= 0.3 is 0 Å². The van der Waals surface area contributed by atoms with E-state index < -0.39 is 0 Å². The third-order valence-corrected chi connectivity index (χ3v) is 2.79. The molecular formula is C13H15N3O3. The van der Waals surface area contributed by atoms with Crippen LogP contribution in [-0.2, 0) is 0 Å². The van der Waals surface area contributed by atoms with Crippen molar-refractivity contribution in [3.63, 3.8) is 0 Å². The van der Waals surface area contributed by atoms with Gasteiger partial charge in [-0.3, -0.25) is 4.79 Å². The van der Waals surface area contributed by atoms with Gasteiger partial charge in [0.25, 0.3) is 5.91 Å². The number of benzene rings is 1. The number of amides is 1. The number of aliphatic hydroxyl groups is 1. The van der Waals surface area contributed by atoms with Crippen LogP contribution in [0, 0.1) is 0 Å². The number of likely N-dealkylation sites (N-methyl/N-ethyl adjacent to an activating group) is 1. The molecule has 0 fully saturated rings. The lowest BCUT2D eigenvalue weighted by Gasteiger charge is -2.19. The molecule has 2 aromatic rings. The summed E-state index contributed by atoms with van der Waals surface area (Å²) in [5, 5.41) is 12.6. The molecule has 6 nitrogen and oxygen atoms in total. The second-order valence-corrected chi connectivity index (χ2v) is 3.94. The number of carbonyl (C=O) groups excluding carboxylic acids is 1. The summed E-state index contributed by atoms with van der Waals surface area (Å²) in [6, 6.07) is 6.97. The number of aromatic nitrogens is 2. The quantitative estimate of drug-likeness (QED) is 0.874. The van der Waals surface area contributed by atoms with Gasteiger partial charge in [0, 0.05) is 24.2 Å². The predicted molar refractivity (Wildman–Crippen MR) is 68.4 cm³/mol. The van der Waals surface area contributed by atoms with Gasteiger partial charge in [-0.15, -0.1) is 0 Å². The smallest absolute Gasteiger partial charge is 0.253 e. The van der Waals surface area contributed by atoms with Crippen LogP contribution in [0.1, 0.15) is 17.3 Å². The van der Waals surface area contributed by atoms with Crippen molar-refractivity contribution in [2.24, 2.45) is 0 Å². The van der Waals surface area contributed by atoms with E-state index in [0.29, 0.717) is 24.5 Å². The molecule has 2 rings (SSSR count). The Balaban J connectivity index is 2.16. The maximum Gasteiger partial charge on any atom is 0.253 e. The molecule has 1 heterocycles. The number of rotatable bonds is 5. The maximum absolute atomic E-state index is 12.1. The van der Waals surface area contributed by atoms with Gasteiger partial charge in [-0.1, -0.05) is 17.3 Å². The second kappa shape index (κ2) is 6.10. The molecule has 0 saturated heterocycles. The molecule has 1 aromatic heterocycles. The molecule has 100 valence electrons. The Labute approximate surface area is 110 Å². The lowest BCUT2D eigenvalue weighted by atomic mass is 10.1. The van der Waals surface area contributed by atoms with E-state index in [1.54, 1.807) is 29.2 Å². The van der Waals surface area contributed by atoms with Crippen molar-refractivity contribution in [1.82, 2.24) is 15.0 Å². The fraction of sp³-hybridized carbons (Fsp3) is 0.308. The Morgan fingerprint density at radius 1 is 1.37 bits per heavy atom. The highest BCUT2D eigenvalue weighted by molar-refractivity contribution is 5.94. The molecule has 0 radical (unpaired) electrons. The largest absolute Gasteiger partial charge is 0.395 e. The van der Waals surface area contributed by atoms with Gasteiger partial charge in [0.05, 0.1) is 6.61 Å². The number of carbonyl (C=O) groups is 1. The molecule has 0 bridgehead atoms. The first-order chi connectivity index (χ1) is 9.26. The minimum atomic E-state index is -0.101. The van der Waals surface area contributed by atoms with Crippen LogP contribution >= 0.6 is 0 Å². The molecule has 0 aliphatic rings. The SMILES string of the molecule is CCN(CCO)C(=O)c1ccc(-c2ncon2)cc1. The van der Waals surface area contributed by atoms with E-state index >= 15 is 0 Å². The summed E-state index contributed by atoms with van der Waals surface area (Å²) in [7, 11) is 0. The highest BCUT2D eigenvalue weighted by Crippen LogP contribution is 2.16. The van der Waals surface area contributed by atoms with Gasteiger partial charge in [0.2, 0.25) is 12.2 Å². The molecule has 0 spiro atoms. The monoisotopic (exact) mass is 261 g/mol. The van der Waals surface area contributed by atoms with E-state index in [4.69, 9.17) is 5.11 Å². The van der Waals surface area contributed by atoms with Crippen LogP contribution < -0.4 is 0 Å². The molecule has 0 aliphatic heterocycles. The molecule has 6 heteroatoms. The topological polar surface area (TPSA) is 79.5 Å². The molecule has 0 aliphatic carbocycles. The average molecular weight is 261 g/mol. The third-order valence-electron chi connectivity index (χ3n) is 2.79. The molecule has 1 N–H and O–H groups in total. The van der Waals surface area contributed by atoms with Crippen molar-refractivity contribution in [3.05, 3.63) is 36.2 Å². The lowest BCUT2D eigenvalue weighted by molar-refractivity contribution is 0.0732. The zero-order valence-electron chi connectivity index (χ0n) is 10.6. The summed E-state index contributed by atoms with van der Waals surface area (Å²) in [6.45, 7) is 2.73. The molecule has 1 aromatic carbocycles. The van der Waals surface area contributed by atoms with Gasteiger partial charge in [0.15, 0.2) is 0 Å². The second-order valence-electron chi connectivity index (χ2n) is 3.94. The zero-order valence-corrected chi connectivity index (χ0v) is 10.6. The lowest BCUT2D eigenvalue weighted by Crippen LogP contribution is -2.33. The Bertz CT molecular complexity index is 523. The van der Waals surface area contributed by atoms with Gasteiger partial charge in [-0.25, -0.2) is 0 Å². The van der Waals surface area contributed by atoms with Crippen molar-refractivity contribution < 1.29 is 14.4 Å². The fourth-order valence-corrected chi connectivity index (χ4v) is 1.77. The van der Waals surface area contributed by atoms with E-state index in [1.807, 2.05) is 6.92 Å². The Kier molecular flexibility index (Phi) is 4.25. The van der Waals surface area contributed by atoms with Crippen LogP contribution in [0.2, 0.25) is 0 Å². The van der Waals surface area contributed by atoms with E-state index in [2.05, 4.69) is 14.7 Å². The highest BCUT2D eigenvalue weighted by atomic mass is 16.5. The first-order valence-electron chi connectivity index (χ1n) is 6.03.